The van der Waals surface area contributed by atoms with E-state index < -0.39 is 147 Å². The number of amides is 2. The molecule has 2 amide bonds. The van der Waals surface area contributed by atoms with Gasteiger partial charge in [-0.25, -0.2) is 24.0 Å². The summed E-state index contributed by atoms with van der Waals surface area (Å²) in [5.41, 5.74) is -0.346. The standard InChI is InChI=1S/C57H67N7O23PS/c1-34(2)85-88(86-35(3)4,87-36(5)6)53(54(67)79-30-40-10-18-44(19-11-40)60(71)72)64(39(9)84-57(70)82-33-43-16-24-47(25-17-43)63(77)78)49(51(52(64)66)37(7)83-56(69)81-32-42-14-22-46(23-15-42)62(75)76)28-50(65)89-48-26-27-59(29-48)38(8)58-55(68)80-31-41-12-20-45(21-13-41)61(73)74/h10-25,34-37,39,48-49,51H,26-33H2,1-9H3/q+1/t37-,39?,48+,49-,51-,64?/m1/s1. The topological polar surface area (TPSA) is 374 Å². The molecule has 478 valence electrons. The summed E-state index contributed by atoms with van der Waals surface area (Å²) in [7, 11) is -4.64. The van der Waals surface area contributed by atoms with Crippen LogP contribution in [0.15, 0.2) is 102 Å². The smallest absolute Gasteiger partial charge is 0.453 e. The highest BCUT2D eigenvalue weighted by Gasteiger charge is 2.76. The molecular formula is C57H67N7O23PS+. The Balaban J connectivity index is 1.45. The molecule has 2 aliphatic rings. The lowest BCUT2D eigenvalue weighted by atomic mass is 9.77. The van der Waals surface area contributed by atoms with Crippen LogP contribution in [0.25, 0.3) is 0 Å². The molecule has 2 fully saturated rings. The van der Waals surface area contributed by atoms with Crippen LogP contribution in [0.1, 0.15) is 97.4 Å². The summed E-state index contributed by atoms with van der Waals surface area (Å²) >= 11 is 0.850. The second kappa shape index (κ2) is 30.9. The fraction of sp³-hybridized carbons (Fsp3) is 0.439. The molecule has 0 spiro atoms. The number of benzene rings is 4. The van der Waals surface area contributed by atoms with Gasteiger partial charge < -0.3 is 46.9 Å². The summed E-state index contributed by atoms with van der Waals surface area (Å²) in [6.45, 7) is 12.3. The van der Waals surface area contributed by atoms with Gasteiger partial charge in [0.15, 0.2) is 11.0 Å². The molecule has 0 bridgehead atoms. The molecule has 0 aromatic heterocycles. The quantitative estimate of drug-likeness (QED) is 0.00616. The maximum absolute atomic E-state index is 16.2. The van der Waals surface area contributed by atoms with Crippen molar-refractivity contribution in [2.24, 2.45) is 10.9 Å². The average molecular weight is 1280 g/mol. The number of nitrogens with zero attached hydrogens (tertiary/aromatic N) is 7. The number of amidine groups is 1. The Hall–Kier alpha value is -8.74. The molecule has 0 saturated carbocycles. The molecule has 0 radical (unpaired) electrons. The highest BCUT2D eigenvalue weighted by molar-refractivity contribution is 8.14. The predicted molar refractivity (Wildman–Crippen MR) is 317 cm³/mol. The fourth-order valence-electron chi connectivity index (χ4n) is 9.71. The van der Waals surface area contributed by atoms with Gasteiger partial charge in [0.2, 0.25) is 6.23 Å². The number of β-lactam (4-membered cyclic amide) rings is 1. The number of carbonyl (C=O) groups excluding carboxylic acids is 6. The van der Waals surface area contributed by atoms with E-state index in [0.717, 1.165) is 11.8 Å². The number of nitro benzene ring substituents is 4. The minimum atomic E-state index is -4.64. The number of rotatable bonds is 27. The Morgan fingerprint density at radius 1 is 0.596 bits per heavy atom. The zero-order valence-electron chi connectivity index (χ0n) is 49.9. The van der Waals surface area contributed by atoms with E-state index >= 15 is 14.4 Å². The second-order valence-electron chi connectivity index (χ2n) is 21.1. The molecule has 2 aliphatic heterocycles. The number of esters is 1. The number of likely N-dealkylation sites (tertiary alicyclic amines) is 2. The molecule has 0 N–H and O–H groups in total. The molecule has 2 saturated heterocycles. The van der Waals surface area contributed by atoms with Gasteiger partial charge in [0.05, 0.1) is 44.4 Å². The largest absolute Gasteiger partial charge is 0.513 e. The summed E-state index contributed by atoms with van der Waals surface area (Å²) in [6.07, 6.45) is -10.2. The lowest BCUT2D eigenvalue weighted by Crippen LogP contribution is -2.83. The van der Waals surface area contributed by atoms with Crippen molar-refractivity contribution in [3.63, 3.8) is 0 Å². The Morgan fingerprint density at radius 3 is 1.37 bits per heavy atom. The number of carbonyl (C=O) groups is 6. The first-order chi connectivity index (χ1) is 42.0. The van der Waals surface area contributed by atoms with Crippen LogP contribution >= 0.6 is 19.3 Å². The summed E-state index contributed by atoms with van der Waals surface area (Å²) in [5.74, 6) is -3.72. The van der Waals surface area contributed by atoms with Gasteiger partial charge in [-0.15, -0.1) is 0 Å². The first-order valence-electron chi connectivity index (χ1n) is 27.7. The number of thioether (sulfide) groups is 1. The number of nitro groups is 4. The Morgan fingerprint density at radius 2 is 0.978 bits per heavy atom. The monoisotopic (exact) mass is 1280 g/mol. The number of aliphatic imine (C=N–C) groups is 1. The average Bonchev–Trinajstić information content (AvgIpc) is 0.852. The number of quaternary nitrogens is 1. The van der Waals surface area contributed by atoms with Crippen LogP contribution in [-0.4, -0.2) is 131 Å². The molecule has 30 nitrogen and oxygen atoms in total. The summed E-state index contributed by atoms with van der Waals surface area (Å²) in [6, 6.07) is 18.8. The Bertz CT molecular complexity index is 3330. The predicted octanol–water partition coefficient (Wildman–Crippen LogP) is 10.8. The zero-order chi connectivity index (χ0) is 65.5. The summed E-state index contributed by atoms with van der Waals surface area (Å²) in [5, 5.41) is 44.2. The van der Waals surface area contributed by atoms with E-state index in [1.54, 1.807) is 53.4 Å². The zero-order valence-corrected chi connectivity index (χ0v) is 51.6. The minimum Gasteiger partial charge on any atom is -0.453 e. The maximum Gasteiger partial charge on any atom is 0.513 e. The van der Waals surface area contributed by atoms with E-state index in [1.165, 1.54) is 111 Å². The van der Waals surface area contributed by atoms with Gasteiger partial charge in [0.25, 0.3) is 22.7 Å². The molecule has 6 atom stereocenters. The van der Waals surface area contributed by atoms with E-state index in [-0.39, 0.29) is 52.9 Å². The molecular weight excluding hydrogens is 1210 g/mol. The van der Waals surface area contributed by atoms with Crippen molar-refractivity contribution in [1.29, 1.82) is 0 Å². The first kappa shape index (κ1) is 69.4. The van der Waals surface area contributed by atoms with Gasteiger partial charge in [-0.2, -0.15) is 9.48 Å². The van der Waals surface area contributed by atoms with Crippen molar-refractivity contribution in [3.05, 3.63) is 160 Å². The number of hydrogen-bond donors (Lipinski definition) is 0. The maximum atomic E-state index is 16.2. The van der Waals surface area contributed by atoms with Gasteiger partial charge in [-0.1, -0.05) is 11.8 Å². The second-order valence-corrected chi connectivity index (χ2v) is 24.6. The van der Waals surface area contributed by atoms with Gasteiger partial charge in [-0.05, 0) is 133 Å². The number of non-ortho nitro benzene ring substituents is 4. The van der Waals surface area contributed by atoms with Gasteiger partial charge in [0, 0.05) is 73.8 Å². The van der Waals surface area contributed by atoms with Crippen molar-refractivity contribution in [1.82, 2.24) is 4.90 Å². The highest BCUT2D eigenvalue weighted by atomic mass is 32.2. The molecule has 0 aliphatic carbocycles. The van der Waals surface area contributed by atoms with Crippen LogP contribution in [-0.2, 0) is 82.8 Å². The van der Waals surface area contributed by atoms with Gasteiger partial charge in [0.1, 0.15) is 44.4 Å². The van der Waals surface area contributed by atoms with Gasteiger partial charge >= 0.3 is 43.3 Å². The van der Waals surface area contributed by atoms with E-state index in [1.807, 2.05) is 0 Å². The molecule has 2 unspecified atom stereocenters. The van der Waals surface area contributed by atoms with E-state index in [2.05, 4.69) is 4.99 Å². The van der Waals surface area contributed by atoms with Crippen LogP contribution in [0.4, 0.5) is 37.1 Å². The molecule has 89 heavy (non-hydrogen) atoms. The third-order valence-electron chi connectivity index (χ3n) is 13.6. The van der Waals surface area contributed by atoms with Crippen molar-refractivity contribution in [3.8, 4) is 0 Å². The molecule has 6 rings (SSSR count). The van der Waals surface area contributed by atoms with Crippen LogP contribution in [0.3, 0.4) is 0 Å². The number of ether oxygens (including phenoxy) is 6. The van der Waals surface area contributed by atoms with Crippen LogP contribution in [0.2, 0.25) is 0 Å². The van der Waals surface area contributed by atoms with Gasteiger partial charge in [-0.3, -0.25) is 45.3 Å². The lowest BCUT2D eigenvalue weighted by molar-refractivity contribution is -0.873. The number of hydrogen-bond acceptors (Lipinski definition) is 24. The molecule has 32 heteroatoms. The molecule has 4 aromatic carbocycles. The van der Waals surface area contributed by atoms with E-state index in [9.17, 15) is 54.8 Å². The van der Waals surface area contributed by atoms with E-state index in [0.29, 0.717) is 24.1 Å². The summed E-state index contributed by atoms with van der Waals surface area (Å²) < 4.78 is 52.4. The molecule has 4 aromatic rings. The Kier molecular flexibility index (Phi) is 24.1. The SMILES string of the molecule is CC(=NC(=O)OCc1ccc([N+](=O)[O-])cc1)N1CC[C@H](SC(=O)C[C@@H]2[C@@H]([C@@H](C)OC(=O)OCc3ccc([N+](=O)[O-])cc3)C(=O)[N+]2(C(C(=O)OCc2ccc([N+](=O)[O-])cc2)=P(OC(C)C)(OC(C)C)OC(C)C)C(C)OC(=O)OCc2ccc([N+](=O)[O-])cc2)C1. The molecule has 2 heterocycles. The summed E-state index contributed by atoms with van der Waals surface area (Å²) in [4.78, 5) is 136. The van der Waals surface area contributed by atoms with Crippen LogP contribution in [0.5, 0.6) is 0 Å². The van der Waals surface area contributed by atoms with E-state index in [4.69, 9.17) is 42.0 Å². The fourth-order valence-corrected chi connectivity index (χ4v) is 14.0. The van der Waals surface area contributed by atoms with Crippen molar-refractivity contribution < 1.29 is 94.9 Å². The normalized spacial score (nSPS) is 18.1. The van der Waals surface area contributed by atoms with Crippen molar-refractivity contribution in [2.75, 3.05) is 13.1 Å². The first-order valence-corrected chi connectivity index (χ1v) is 30.1. The minimum absolute atomic E-state index is 0.150. The van der Waals surface area contributed by atoms with Crippen molar-refractivity contribution in [2.45, 2.75) is 144 Å². The lowest BCUT2D eigenvalue weighted by Gasteiger charge is -2.56. The van der Waals surface area contributed by atoms with Crippen LogP contribution in [0, 0.1) is 46.4 Å². The van der Waals surface area contributed by atoms with Crippen molar-refractivity contribution >= 4 is 88.7 Å². The van der Waals surface area contributed by atoms with Crippen LogP contribution < -0.4 is 0 Å². The Labute approximate surface area is 514 Å². The highest BCUT2D eigenvalue weighted by Crippen LogP contribution is 2.61. The third-order valence-corrected chi connectivity index (χ3v) is 17.9. The third kappa shape index (κ3) is 18.2.